The smallest absolute Gasteiger partial charge is 0.291 e. The van der Waals surface area contributed by atoms with E-state index in [-0.39, 0.29) is 6.61 Å². The standard InChI is InChI=1S/C2H6O.3HNO3/c1-2-3;3*2-1(3)4/h3H,2H2,1H3;3*(H,2,3,4). The van der Waals surface area contributed by atoms with Crippen molar-refractivity contribution in [3.05, 3.63) is 30.3 Å². The molecule has 0 heterocycles. The van der Waals surface area contributed by atoms with E-state index in [1.54, 1.807) is 6.92 Å². The van der Waals surface area contributed by atoms with Gasteiger partial charge in [-0.25, -0.2) is 0 Å². The van der Waals surface area contributed by atoms with Crippen LogP contribution in [0.15, 0.2) is 0 Å². The van der Waals surface area contributed by atoms with Gasteiger partial charge in [0.05, 0.1) is 0 Å². The summed E-state index contributed by atoms with van der Waals surface area (Å²) in [5, 5.41) is 48.5. The number of nitrogens with zero attached hydrogens (tertiary/aromatic N) is 3. The molecule has 4 N–H and O–H groups in total. The van der Waals surface area contributed by atoms with Crippen molar-refractivity contribution in [2.45, 2.75) is 6.92 Å². The van der Waals surface area contributed by atoms with Gasteiger partial charge in [-0.1, -0.05) is 0 Å². The third kappa shape index (κ3) is 177. The minimum absolute atomic E-state index is 0.250. The minimum atomic E-state index is -1.50. The molecule has 0 atom stereocenters. The van der Waals surface area contributed by atoms with Crippen molar-refractivity contribution in [1.82, 2.24) is 0 Å². The maximum Gasteiger partial charge on any atom is 0.291 e. The zero-order valence-electron chi connectivity index (χ0n) is 7.29. The Morgan fingerprint density at radius 3 is 0.867 bits per heavy atom. The van der Waals surface area contributed by atoms with E-state index in [0.717, 1.165) is 0 Å². The number of hydrogen-bond donors (Lipinski definition) is 4. The van der Waals surface area contributed by atoms with Crippen molar-refractivity contribution in [2.24, 2.45) is 0 Å². The van der Waals surface area contributed by atoms with E-state index in [0.29, 0.717) is 0 Å². The number of aliphatic hydroxyl groups excluding tert-OH is 1. The van der Waals surface area contributed by atoms with Crippen molar-refractivity contribution in [1.29, 1.82) is 0 Å². The molecule has 15 heavy (non-hydrogen) atoms. The molecule has 0 unspecified atom stereocenters. The van der Waals surface area contributed by atoms with Crippen LogP contribution in [-0.4, -0.2) is 42.6 Å². The van der Waals surface area contributed by atoms with Gasteiger partial charge in [0, 0.05) is 6.61 Å². The zero-order valence-corrected chi connectivity index (χ0v) is 7.29. The largest absolute Gasteiger partial charge is 0.397 e. The fraction of sp³-hybridized carbons (Fsp3) is 1.00. The zero-order chi connectivity index (χ0) is 13.4. The summed E-state index contributed by atoms with van der Waals surface area (Å²) in [6.07, 6.45) is 0. The molecule has 0 fully saturated rings. The van der Waals surface area contributed by atoms with Crippen LogP contribution < -0.4 is 0 Å². The molecular formula is C2H9N3O10. The predicted octanol–water partition coefficient (Wildman–Crippen LogP) is -1.04. The van der Waals surface area contributed by atoms with Crippen LogP contribution in [0, 0.1) is 30.3 Å². The first-order chi connectivity index (χ1) is 6.61. The van der Waals surface area contributed by atoms with Crippen molar-refractivity contribution in [3.63, 3.8) is 0 Å². The normalized spacial score (nSPS) is 6.00. The van der Waals surface area contributed by atoms with E-state index in [9.17, 15) is 0 Å². The Kier molecular flexibility index (Phi) is 34.4. The summed E-state index contributed by atoms with van der Waals surface area (Å²) < 4.78 is 0. The lowest BCUT2D eigenvalue weighted by atomic mass is 10.9. The summed E-state index contributed by atoms with van der Waals surface area (Å²) in [6.45, 7) is 1.93. The molecule has 13 heteroatoms. The van der Waals surface area contributed by atoms with E-state index in [1.807, 2.05) is 0 Å². The maximum absolute atomic E-state index is 8.36. The van der Waals surface area contributed by atoms with E-state index in [4.69, 9.17) is 51.1 Å². The van der Waals surface area contributed by atoms with E-state index >= 15 is 0 Å². The molecule has 0 bridgehead atoms. The summed E-state index contributed by atoms with van der Waals surface area (Å²) in [5.74, 6) is 0. The molecule has 0 aromatic heterocycles. The van der Waals surface area contributed by atoms with Gasteiger partial charge in [-0.3, -0.25) is 0 Å². The Bertz CT molecular complexity index is 128. The Balaban J connectivity index is -0.0000000542. The molecule has 92 valence electrons. The molecule has 13 nitrogen and oxygen atoms in total. The quantitative estimate of drug-likeness (QED) is 0.295. The van der Waals surface area contributed by atoms with Crippen LogP contribution >= 0.6 is 0 Å². The Hall–Kier alpha value is -2.44. The lowest BCUT2D eigenvalue weighted by molar-refractivity contribution is -0.742. The SMILES string of the molecule is CCO.O=[N+]([O-])O.O=[N+]([O-])O.O=[N+]([O-])O. The summed E-state index contributed by atoms with van der Waals surface area (Å²) in [5.41, 5.74) is 0. The minimum Gasteiger partial charge on any atom is -0.397 e. The third-order valence-electron chi connectivity index (χ3n) is 0. The van der Waals surface area contributed by atoms with Crippen molar-refractivity contribution in [2.75, 3.05) is 6.61 Å². The molecular weight excluding hydrogens is 226 g/mol. The molecule has 0 aromatic carbocycles. The molecule has 0 saturated carbocycles. The number of rotatable bonds is 0. The second-order valence-electron chi connectivity index (χ2n) is 1.03. The van der Waals surface area contributed by atoms with Gasteiger partial charge in [-0.05, 0) is 6.92 Å². The highest BCUT2D eigenvalue weighted by Gasteiger charge is 1.66. The molecule has 0 aliphatic carbocycles. The van der Waals surface area contributed by atoms with Gasteiger partial charge in [0.15, 0.2) is 0 Å². The highest BCUT2D eigenvalue weighted by atomic mass is 16.9. The number of aliphatic hydroxyl groups is 1. The fourth-order valence-corrected chi connectivity index (χ4v) is 0. The second-order valence-corrected chi connectivity index (χ2v) is 1.03. The molecule has 0 radical (unpaired) electrons. The summed E-state index contributed by atoms with van der Waals surface area (Å²) in [4.78, 5) is 25.1. The van der Waals surface area contributed by atoms with Gasteiger partial charge in [-0.2, -0.15) is 0 Å². The topological polar surface area (TPSA) is 210 Å². The molecule has 0 aliphatic heterocycles. The summed E-state index contributed by atoms with van der Waals surface area (Å²) in [7, 11) is 0. The first kappa shape index (κ1) is 22.9. The van der Waals surface area contributed by atoms with Crippen molar-refractivity contribution in [3.8, 4) is 0 Å². The first-order valence-corrected chi connectivity index (χ1v) is 2.72. The first-order valence-electron chi connectivity index (χ1n) is 2.72. The van der Waals surface area contributed by atoms with Crippen molar-refractivity contribution < 1.29 is 36.0 Å². The lowest BCUT2D eigenvalue weighted by Gasteiger charge is -1.56. The Labute approximate surface area is 81.1 Å². The molecule has 0 aromatic rings. The van der Waals surface area contributed by atoms with Gasteiger partial charge < -0.3 is 20.7 Å². The van der Waals surface area contributed by atoms with E-state index < -0.39 is 15.3 Å². The average Bonchev–Trinajstić information content (AvgIpc) is 1.81. The second kappa shape index (κ2) is 22.6. The summed E-state index contributed by atoms with van der Waals surface area (Å²) >= 11 is 0. The van der Waals surface area contributed by atoms with Gasteiger partial charge >= 0.3 is 0 Å². The average molecular weight is 235 g/mol. The molecule has 0 rings (SSSR count). The number of hydrogen-bond acceptors (Lipinski definition) is 7. The Morgan fingerprint density at radius 1 is 0.867 bits per heavy atom. The fourth-order valence-electron chi connectivity index (χ4n) is 0. The predicted molar refractivity (Wildman–Crippen MR) is 39.1 cm³/mol. The Morgan fingerprint density at radius 2 is 0.867 bits per heavy atom. The summed E-state index contributed by atoms with van der Waals surface area (Å²) in [6, 6.07) is 0. The highest BCUT2D eigenvalue weighted by Crippen LogP contribution is 1.39. The van der Waals surface area contributed by atoms with Gasteiger partial charge in [0.25, 0.3) is 15.3 Å². The molecule has 0 spiro atoms. The van der Waals surface area contributed by atoms with E-state index in [2.05, 4.69) is 0 Å². The van der Waals surface area contributed by atoms with Gasteiger partial charge in [-0.15, -0.1) is 30.3 Å². The maximum atomic E-state index is 8.36. The highest BCUT2D eigenvalue weighted by molar-refractivity contribution is 3.84. The van der Waals surface area contributed by atoms with Crippen LogP contribution in [0.3, 0.4) is 0 Å². The van der Waals surface area contributed by atoms with Crippen LogP contribution in [0.25, 0.3) is 0 Å². The van der Waals surface area contributed by atoms with Crippen LogP contribution in [0.2, 0.25) is 0 Å². The van der Waals surface area contributed by atoms with Crippen LogP contribution in [0.4, 0.5) is 0 Å². The monoisotopic (exact) mass is 235 g/mol. The van der Waals surface area contributed by atoms with Gasteiger partial charge in [0.1, 0.15) is 0 Å². The van der Waals surface area contributed by atoms with Crippen LogP contribution in [0.1, 0.15) is 6.92 Å². The molecule has 0 amide bonds. The van der Waals surface area contributed by atoms with Gasteiger partial charge in [0.2, 0.25) is 0 Å². The lowest BCUT2D eigenvalue weighted by Crippen LogP contribution is -1.81. The third-order valence-corrected chi connectivity index (χ3v) is 0. The van der Waals surface area contributed by atoms with Crippen LogP contribution in [-0.2, 0) is 0 Å². The van der Waals surface area contributed by atoms with Crippen molar-refractivity contribution >= 4 is 0 Å². The molecule has 0 aliphatic rings. The molecule has 0 saturated heterocycles. The van der Waals surface area contributed by atoms with Crippen LogP contribution in [0.5, 0.6) is 0 Å². The van der Waals surface area contributed by atoms with E-state index in [1.165, 1.54) is 0 Å².